The first-order valence-electron chi connectivity index (χ1n) is 6.66. The minimum atomic E-state index is 0.485. The molecular weight excluding hydrogens is 238 g/mol. The Hall–Kier alpha value is -0.990. The number of benzene rings is 2. The number of rotatable bonds is 1. The Bertz CT molecular complexity index is 532. The Kier molecular flexibility index (Phi) is 3.57. The van der Waals surface area contributed by atoms with Crippen LogP contribution in [0.15, 0.2) is 42.5 Å². The molecule has 1 heterocycles. The molecule has 0 aromatic heterocycles. The van der Waals surface area contributed by atoms with Crippen LogP contribution in [0.5, 0.6) is 0 Å². The van der Waals surface area contributed by atoms with Crippen LogP contribution in [0.4, 0.5) is 0 Å². The molecular formula is C16H19NS. The van der Waals surface area contributed by atoms with E-state index >= 15 is 0 Å². The van der Waals surface area contributed by atoms with Crippen LogP contribution < -0.4 is 5.32 Å². The van der Waals surface area contributed by atoms with Gasteiger partial charge in [0, 0.05) is 17.8 Å². The Morgan fingerprint density at radius 1 is 1.11 bits per heavy atom. The summed E-state index contributed by atoms with van der Waals surface area (Å²) in [5.41, 5.74) is 1.45. The zero-order valence-electron chi connectivity index (χ0n) is 10.7. The highest BCUT2D eigenvalue weighted by Crippen LogP contribution is 2.29. The average Bonchev–Trinajstić information content (AvgIpc) is 2.63. The number of nitrogens with one attached hydrogen (secondary N) is 1. The lowest BCUT2D eigenvalue weighted by molar-refractivity contribution is 0.487. The summed E-state index contributed by atoms with van der Waals surface area (Å²) < 4.78 is 0. The van der Waals surface area contributed by atoms with Crippen LogP contribution in [-0.2, 0) is 0 Å². The lowest BCUT2D eigenvalue weighted by atomic mass is 9.99. The summed E-state index contributed by atoms with van der Waals surface area (Å²) >= 11 is 2.07. The van der Waals surface area contributed by atoms with Gasteiger partial charge in [0.25, 0.3) is 0 Å². The highest BCUT2D eigenvalue weighted by molar-refractivity contribution is 7.99. The molecule has 0 bridgehead atoms. The molecule has 2 unspecified atom stereocenters. The summed E-state index contributed by atoms with van der Waals surface area (Å²) in [6, 6.07) is 16.5. The molecule has 1 aliphatic rings. The predicted octanol–water partition coefficient (Wildman–Crippen LogP) is 4.00. The molecule has 0 saturated carbocycles. The molecule has 94 valence electrons. The SMILES string of the molecule is CC1CCSCC(c2cccc3ccccc23)N1. The van der Waals surface area contributed by atoms with E-state index in [0.29, 0.717) is 12.1 Å². The predicted molar refractivity (Wildman–Crippen MR) is 81.2 cm³/mol. The molecule has 0 aliphatic carbocycles. The fraction of sp³-hybridized carbons (Fsp3) is 0.375. The summed E-state index contributed by atoms with van der Waals surface area (Å²) in [5, 5.41) is 6.51. The van der Waals surface area contributed by atoms with Gasteiger partial charge < -0.3 is 5.32 Å². The van der Waals surface area contributed by atoms with Crippen LogP contribution in [0.3, 0.4) is 0 Å². The second kappa shape index (κ2) is 5.33. The van der Waals surface area contributed by atoms with E-state index < -0.39 is 0 Å². The van der Waals surface area contributed by atoms with E-state index in [1.807, 2.05) is 0 Å². The summed E-state index contributed by atoms with van der Waals surface area (Å²) in [6.45, 7) is 2.30. The fourth-order valence-electron chi connectivity index (χ4n) is 2.67. The maximum Gasteiger partial charge on any atom is 0.0420 e. The largest absolute Gasteiger partial charge is 0.307 e. The molecule has 3 rings (SSSR count). The molecule has 1 saturated heterocycles. The van der Waals surface area contributed by atoms with Crippen molar-refractivity contribution in [2.24, 2.45) is 0 Å². The topological polar surface area (TPSA) is 12.0 Å². The zero-order chi connectivity index (χ0) is 12.4. The minimum absolute atomic E-state index is 0.485. The Morgan fingerprint density at radius 2 is 1.94 bits per heavy atom. The lowest BCUT2D eigenvalue weighted by Gasteiger charge is -2.21. The van der Waals surface area contributed by atoms with E-state index in [1.54, 1.807) is 0 Å². The van der Waals surface area contributed by atoms with E-state index in [9.17, 15) is 0 Å². The van der Waals surface area contributed by atoms with Gasteiger partial charge in [-0.3, -0.25) is 0 Å². The van der Waals surface area contributed by atoms with Gasteiger partial charge in [0.2, 0.25) is 0 Å². The first-order valence-corrected chi connectivity index (χ1v) is 7.81. The molecule has 2 heteroatoms. The third-order valence-corrected chi connectivity index (χ3v) is 4.76. The van der Waals surface area contributed by atoms with Crippen LogP contribution in [0.1, 0.15) is 24.9 Å². The van der Waals surface area contributed by atoms with Crippen LogP contribution in [0.2, 0.25) is 0 Å². The molecule has 18 heavy (non-hydrogen) atoms. The van der Waals surface area contributed by atoms with Crippen LogP contribution >= 0.6 is 11.8 Å². The minimum Gasteiger partial charge on any atom is -0.307 e. The normalized spacial score (nSPS) is 24.9. The maximum absolute atomic E-state index is 3.77. The molecule has 2 aromatic rings. The quantitative estimate of drug-likeness (QED) is 0.829. The van der Waals surface area contributed by atoms with E-state index in [2.05, 4.69) is 66.5 Å². The van der Waals surface area contributed by atoms with Crippen molar-refractivity contribution in [3.05, 3.63) is 48.0 Å². The molecule has 2 atom stereocenters. The van der Waals surface area contributed by atoms with Crippen molar-refractivity contribution in [3.63, 3.8) is 0 Å². The van der Waals surface area contributed by atoms with Gasteiger partial charge in [0.15, 0.2) is 0 Å². The summed E-state index contributed by atoms with van der Waals surface area (Å²) in [6.07, 6.45) is 1.27. The molecule has 0 amide bonds. The third kappa shape index (κ3) is 2.40. The standard InChI is InChI=1S/C16H19NS/c1-12-9-10-18-11-16(17-12)15-8-4-6-13-5-2-3-7-14(13)15/h2-8,12,16-17H,9-11H2,1H3. The Morgan fingerprint density at radius 3 is 2.89 bits per heavy atom. The van der Waals surface area contributed by atoms with E-state index in [4.69, 9.17) is 0 Å². The smallest absolute Gasteiger partial charge is 0.0420 e. The fourth-order valence-corrected chi connectivity index (χ4v) is 3.87. The monoisotopic (exact) mass is 257 g/mol. The van der Waals surface area contributed by atoms with Crippen molar-refractivity contribution in [2.75, 3.05) is 11.5 Å². The number of fused-ring (bicyclic) bond motifs is 1. The molecule has 1 aliphatic heterocycles. The molecule has 1 N–H and O–H groups in total. The molecule has 0 radical (unpaired) electrons. The van der Waals surface area contributed by atoms with Crippen molar-refractivity contribution in [2.45, 2.75) is 25.4 Å². The van der Waals surface area contributed by atoms with E-state index in [1.165, 1.54) is 34.3 Å². The molecule has 1 nitrogen and oxygen atoms in total. The van der Waals surface area contributed by atoms with Crippen molar-refractivity contribution in [3.8, 4) is 0 Å². The maximum atomic E-state index is 3.77. The van der Waals surface area contributed by atoms with Crippen LogP contribution in [0.25, 0.3) is 10.8 Å². The lowest BCUT2D eigenvalue weighted by Crippen LogP contribution is -2.30. The van der Waals surface area contributed by atoms with Crippen molar-refractivity contribution >= 4 is 22.5 Å². The molecule has 1 fully saturated rings. The highest BCUT2D eigenvalue weighted by atomic mass is 32.2. The van der Waals surface area contributed by atoms with Crippen molar-refractivity contribution in [1.29, 1.82) is 0 Å². The van der Waals surface area contributed by atoms with Gasteiger partial charge in [-0.15, -0.1) is 0 Å². The van der Waals surface area contributed by atoms with Crippen molar-refractivity contribution < 1.29 is 0 Å². The second-order valence-corrected chi connectivity index (χ2v) is 6.20. The number of hydrogen-bond donors (Lipinski definition) is 1. The third-order valence-electron chi connectivity index (χ3n) is 3.66. The van der Waals surface area contributed by atoms with E-state index in [0.717, 1.165) is 0 Å². The van der Waals surface area contributed by atoms with Gasteiger partial charge >= 0.3 is 0 Å². The summed E-state index contributed by atoms with van der Waals surface area (Å²) in [4.78, 5) is 0. The van der Waals surface area contributed by atoms with Gasteiger partial charge in [0.1, 0.15) is 0 Å². The first-order chi connectivity index (χ1) is 8.84. The van der Waals surface area contributed by atoms with Gasteiger partial charge in [-0.05, 0) is 35.4 Å². The van der Waals surface area contributed by atoms with E-state index in [-0.39, 0.29) is 0 Å². The zero-order valence-corrected chi connectivity index (χ0v) is 11.5. The van der Waals surface area contributed by atoms with Crippen LogP contribution in [-0.4, -0.2) is 17.5 Å². The molecule has 2 aromatic carbocycles. The second-order valence-electron chi connectivity index (χ2n) is 5.05. The Labute approximate surface area is 113 Å². The molecule has 0 spiro atoms. The van der Waals surface area contributed by atoms with Crippen molar-refractivity contribution in [1.82, 2.24) is 5.32 Å². The van der Waals surface area contributed by atoms with Gasteiger partial charge in [0.05, 0.1) is 0 Å². The first kappa shape index (κ1) is 12.1. The Balaban J connectivity index is 2.02. The highest BCUT2D eigenvalue weighted by Gasteiger charge is 2.19. The van der Waals surface area contributed by atoms with Gasteiger partial charge in [-0.1, -0.05) is 42.5 Å². The number of hydrogen-bond acceptors (Lipinski definition) is 2. The van der Waals surface area contributed by atoms with Gasteiger partial charge in [-0.25, -0.2) is 0 Å². The van der Waals surface area contributed by atoms with Crippen LogP contribution in [0, 0.1) is 0 Å². The summed E-state index contributed by atoms with van der Waals surface area (Å²) in [7, 11) is 0. The summed E-state index contributed by atoms with van der Waals surface area (Å²) in [5.74, 6) is 2.45. The van der Waals surface area contributed by atoms with Gasteiger partial charge in [-0.2, -0.15) is 11.8 Å². The number of thioether (sulfide) groups is 1. The average molecular weight is 257 g/mol.